The molecule has 22 heavy (non-hydrogen) atoms. The SMILES string of the molecule is CN1C(C2CSC(c3ccc(S)cc3O)=N2)SC[C@@H]1C(=O)O. The lowest BCUT2D eigenvalue weighted by molar-refractivity contribution is -0.141. The number of carboxylic acid groups (broad SMARTS) is 1. The van der Waals surface area contributed by atoms with Crippen molar-refractivity contribution in [1.29, 1.82) is 0 Å². The number of benzene rings is 1. The number of hydrogen-bond acceptors (Lipinski definition) is 7. The maximum atomic E-state index is 11.2. The van der Waals surface area contributed by atoms with Gasteiger partial charge in [0.05, 0.1) is 11.4 Å². The zero-order valence-electron chi connectivity index (χ0n) is 11.8. The molecule has 2 N–H and O–H groups in total. The number of carbonyl (C=O) groups is 1. The molecule has 0 aromatic heterocycles. The smallest absolute Gasteiger partial charge is 0.321 e. The lowest BCUT2D eigenvalue weighted by Crippen LogP contribution is -2.42. The Morgan fingerprint density at radius 1 is 1.45 bits per heavy atom. The molecular weight excluding hydrogens is 340 g/mol. The van der Waals surface area contributed by atoms with E-state index in [1.165, 1.54) is 0 Å². The Kier molecular flexibility index (Phi) is 4.63. The fraction of sp³-hybridized carbons (Fsp3) is 0.429. The van der Waals surface area contributed by atoms with Gasteiger partial charge in [-0.1, -0.05) is 0 Å². The number of likely N-dealkylation sites (N-methyl/N-ethyl adjacent to an activating group) is 1. The number of aliphatic imine (C=N–C) groups is 1. The van der Waals surface area contributed by atoms with E-state index in [0.717, 1.165) is 10.8 Å². The zero-order valence-corrected chi connectivity index (χ0v) is 14.4. The molecule has 8 heteroatoms. The lowest BCUT2D eigenvalue weighted by atomic mass is 10.2. The molecule has 2 unspecified atom stereocenters. The topological polar surface area (TPSA) is 73.1 Å². The van der Waals surface area contributed by atoms with Gasteiger partial charge in [-0.2, -0.15) is 0 Å². The summed E-state index contributed by atoms with van der Waals surface area (Å²) >= 11 is 7.44. The van der Waals surface area contributed by atoms with Crippen molar-refractivity contribution in [2.75, 3.05) is 18.6 Å². The van der Waals surface area contributed by atoms with Gasteiger partial charge in [0, 0.05) is 22.0 Å². The third-order valence-electron chi connectivity index (χ3n) is 3.82. The number of carboxylic acids is 1. The first kappa shape index (κ1) is 16.0. The van der Waals surface area contributed by atoms with Crippen LogP contribution in [0.2, 0.25) is 0 Å². The van der Waals surface area contributed by atoms with Crippen LogP contribution in [-0.2, 0) is 4.79 Å². The average Bonchev–Trinajstić information content (AvgIpc) is 3.05. The highest BCUT2D eigenvalue weighted by molar-refractivity contribution is 8.14. The van der Waals surface area contributed by atoms with Gasteiger partial charge < -0.3 is 10.2 Å². The third kappa shape index (κ3) is 2.97. The number of hydrogen-bond donors (Lipinski definition) is 3. The average molecular weight is 356 g/mol. The van der Waals surface area contributed by atoms with E-state index in [4.69, 9.17) is 4.99 Å². The van der Waals surface area contributed by atoms with Gasteiger partial charge >= 0.3 is 5.97 Å². The molecule has 118 valence electrons. The second-order valence-electron chi connectivity index (χ2n) is 5.26. The summed E-state index contributed by atoms with van der Waals surface area (Å²) < 4.78 is 0. The highest BCUT2D eigenvalue weighted by Crippen LogP contribution is 2.37. The van der Waals surface area contributed by atoms with Crippen LogP contribution in [0.3, 0.4) is 0 Å². The van der Waals surface area contributed by atoms with Crippen molar-refractivity contribution in [3.05, 3.63) is 23.8 Å². The maximum Gasteiger partial charge on any atom is 0.321 e. The second kappa shape index (κ2) is 6.35. The summed E-state index contributed by atoms with van der Waals surface area (Å²) in [4.78, 5) is 18.5. The summed E-state index contributed by atoms with van der Waals surface area (Å²) in [6.07, 6.45) is 0. The van der Waals surface area contributed by atoms with E-state index in [9.17, 15) is 15.0 Å². The Morgan fingerprint density at radius 3 is 2.86 bits per heavy atom. The third-order valence-corrected chi connectivity index (χ3v) is 6.70. The van der Waals surface area contributed by atoms with Crippen LogP contribution in [0, 0.1) is 0 Å². The van der Waals surface area contributed by atoms with Crippen LogP contribution < -0.4 is 0 Å². The van der Waals surface area contributed by atoms with Crippen LogP contribution in [0.1, 0.15) is 5.56 Å². The van der Waals surface area contributed by atoms with E-state index in [1.807, 2.05) is 24.1 Å². The number of rotatable bonds is 3. The van der Waals surface area contributed by atoms with Crippen molar-refractivity contribution in [3.8, 4) is 5.75 Å². The van der Waals surface area contributed by atoms with E-state index < -0.39 is 12.0 Å². The van der Waals surface area contributed by atoms with Crippen molar-refractivity contribution >= 4 is 47.2 Å². The van der Waals surface area contributed by atoms with Gasteiger partial charge in [0.2, 0.25) is 0 Å². The van der Waals surface area contributed by atoms with Gasteiger partial charge in [-0.3, -0.25) is 14.7 Å². The normalized spacial score (nSPS) is 28.8. The summed E-state index contributed by atoms with van der Waals surface area (Å²) in [7, 11) is 1.84. The summed E-state index contributed by atoms with van der Waals surface area (Å²) in [5, 5.41) is 20.1. The van der Waals surface area contributed by atoms with Crippen molar-refractivity contribution in [1.82, 2.24) is 4.90 Å². The van der Waals surface area contributed by atoms with Gasteiger partial charge in [-0.15, -0.1) is 36.2 Å². The summed E-state index contributed by atoms with van der Waals surface area (Å²) in [5.41, 5.74) is 0.714. The van der Waals surface area contributed by atoms with Crippen LogP contribution in [0.15, 0.2) is 28.1 Å². The molecule has 0 amide bonds. The molecule has 0 bridgehead atoms. The summed E-state index contributed by atoms with van der Waals surface area (Å²) in [5.74, 6) is 0.776. The minimum absolute atomic E-state index is 0.0365. The molecule has 0 radical (unpaired) electrons. The molecule has 3 rings (SSSR count). The van der Waals surface area contributed by atoms with E-state index in [0.29, 0.717) is 16.2 Å². The van der Waals surface area contributed by atoms with Crippen molar-refractivity contribution < 1.29 is 15.0 Å². The molecule has 2 aliphatic heterocycles. The van der Waals surface area contributed by atoms with Crippen LogP contribution in [-0.4, -0.2) is 62.1 Å². The first-order chi connectivity index (χ1) is 10.5. The van der Waals surface area contributed by atoms with Gasteiger partial charge in [0.1, 0.15) is 16.8 Å². The molecular formula is C14H16N2O3S3. The Morgan fingerprint density at radius 2 is 2.23 bits per heavy atom. The van der Waals surface area contributed by atoms with Crippen molar-refractivity contribution in [3.63, 3.8) is 0 Å². The number of thiol groups is 1. The molecule has 0 saturated carbocycles. The highest BCUT2D eigenvalue weighted by atomic mass is 32.2. The highest BCUT2D eigenvalue weighted by Gasteiger charge is 2.41. The largest absolute Gasteiger partial charge is 0.507 e. The molecule has 1 saturated heterocycles. The van der Waals surface area contributed by atoms with Gasteiger partial charge in [-0.05, 0) is 25.2 Å². The monoisotopic (exact) mass is 356 g/mol. The first-order valence-electron chi connectivity index (χ1n) is 6.76. The molecule has 0 spiro atoms. The Hall–Kier alpha value is -0.830. The van der Waals surface area contributed by atoms with Crippen LogP contribution in [0.25, 0.3) is 0 Å². The minimum atomic E-state index is -0.783. The second-order valence-corrected chi connectivity index (χ2v) is 7.93. The standard InChI is InChI=1S/C14H16N2O3S3/c1-16-10(14(18)19)6-22-13(16)9-5-21-12(15-9)8-3-2-7(20)4-11(8)17/h2-4,9-10,13,17,20H,5-6H2,1H3,(H,18,19)/t9?,10-,13?/m1/s1. The van der Waals surface area contributed by atoms with Gasteiger partial charge in [0.25, 0.3) is 0 Å². The zero-order chi connectivity index (χ0) is 15.9. The Labute approximate surface area is 142 Å². The number of nitrogens with zero attached hydrogens (tertiary/aromatic N) is 2. The fourth-order valence-corrected chi connectivity index (χ4v) is 5.57. The van der Waals surface area contributed by atoms with Gasteiger partial charge in [0.15, 0.2) is 0 Å². The van der Waals surface area contributed by atoms with Crippen LogP contribution in [0.5, 0.6) is 5.75 Å². The van der Waals surface area contributed by atoms with Crippen LogP contribution in [0.4, 0.5) is 0 Å². The Bertz CT molecular complexity index is 638. The Balaban J connectivity index is 1.79. The summed E-state index contributed by atoms with van der Waals surface area (Å²) in [6.45, 7) is 0. The van der Waals surface area contributed by atoms with E-state index >= 15 is 0 Å². The number of aromatic hydroxyl groups is 1. The first-order valence-corrected chi connectivity index (χ1v) is 9.25. The van der Waals surface area contributed by atoms with E-state index in [-0.39, 0.29) is 17.2 Å². The fourth-order valence-electron chi connectivity index (χ4n) is 2.61. The number of thioether (sulfide) groups is 2. The predicted octanol–water partition coefficient (Wildman–Crippen LogP) is 2.00. The maximum absolute atomic E-state index is 11.2. The predicted molar refractivity (Wildman–Crippen MR) is 93.6 cm³/mol. The summed E-state index contributed by atoms with van der Waals surface area (Å²) in [6, 6.07) is 4.83. The molecule has 2 heterocycles. The number of aliphatic carboxylic acids is 1. The minimum Gasteiger partial charge on any atom is -0.507 e. The number of phenols is 1. The van der Waals surface area contributed by atoms with Crippen molar-refractivity contribution in [2.24, 2.45) is 4.99 Å². The molecule has 5 nitrogen and oxygen atoms in total. The molecule has 3 atom stereocenters. The van der Waals surface area contributed by atoms with Crippen molar-refractivity contribution in [2.45, 2.75) is 22.4 Å². The van der Waals surface area contributed by atoms with E-state index in [2.05, 4.69) is 12.6 Å². The van der Waals surface area contributed by atoms with Crippen LogP contribution >= 0.6 is 36.2 Å². The molecule has 1 fully saturated rings. The molecule has 1 aromatic carbocycles. The lowest BCUT2D eigenvalue weighted by Gasteiger charge is -2.24. The molecule has 0 aliphatic carbocycles. The molecule has 2 aliphatic rings. The quantitative estimate of drug-likeness (QED) is 0.720. The number of phenolic OH excluding ortho intramolecular Hbond substituents is 1. The van der Waals surface area contributed by atoms with E-state index in [1.54, 1.807) is 29.6 Å². The van der Waals surface area contributed by atoms with Gasteiger partial charge in [-0.25, -0.2) is 0 Å². The molecule has 1 aromatic rings.